The van der Waals surface area contributed by atoms with Crippen molar-refractivity contribution in [1.29, 1.82) is 0 Å². The molecule has 3 rings (SSSR count). The van der Waals surface area contributed by atoms with Crippen molar-refractivity contribution >= 4 is 22.8 Å². The molecule has 2 aromatic heterocycles. The zero-order chi connectivity index (χ0) is 22.7. The summed E-state index contributed by atoms with van der Waals surface area (Å²) in [6.45, 7) is 9.64. The Balaban J connectivity index is 1.83. The molecule has 7 nitrogen and oxygen atoms in total. The smallest absolute Gasteiger partial charge is 0.336 e. The zero-order valence-electron chi connectivity index (χ0n) is 18.4. The van der Waals surface area contributed by atoms with Gasteiger partial charge in [-0.2, -0.15) is 0 Å². The average molecular weight is 425 g/mol. The van der Waals surface area contributed by atoms with Crippen LogP contribution in [0.1, 0.15) is 60.9 Å². The van der Waals surface area contributed by atoms with Gasteiger partial charge in [0, 0.05) is 17.0 Å². The highest BCUT2D eigenvalue weighted by molar-refractivity contribution is 5.94. The summed E-state index contributed by atoms with van der Waals surface area (Å²) in [5.74, 6) is -0.897. The van der Waals surface area contributed by atoms with E-state index >= 15 is 0 Å². The van der Waals surface area contributed by atoms with Crippen LogP contribution in [0.15, 0.2) is 50.2 Å². The molecule has 0 aliphatic heterocycles. The van der Waals surface area contributed by atoms with Crippen LogP contribution < -0.4 is 10.9 Å². The van der Waals surface area contributed by atoms with E-state index in [9.17, 15) is 14.4 Å². The molecule has 0 aliphatic rings. The summed E-state index contributed by atoms with van der Waals surface area (Å²) in [4.78, 5) is 37.1. The molecule has 1 amide bonds. The lowest BCUT2D eigenvalue weighted by Gasteiger charge is -2.20. The number of hydrogen-bond acceptors (Lipinski definition) is 6. The number of furan rings is 1. The largest absolute Gasteiger partial charge is 0.459 e. The molecule has 31 heavy (non-hydrogen) atoms. The van der Waals surface area contributed by atoms with Crippen LogP contribution in [-0.4, -0.2) is 17.9 Å². The second-order valence-electron chi connectivity index (χ2n) is 8.23. The predicted molar refractivity (Wildman–Crippen MR) is 116 cm³/mol. The van der Waals surface area contributed by atoms with Gasteiger partial charge in [0.1, 0.15) is 18.2 Å². The summed E-state index contributed by atoms with van der Waals surface area (Å²) in [5.41, 5.74) is 2.65. The molecule has 1 N–H and O–H groups in total. The van der Waals surface area contributed by atoms with E-state index in [2.05, 4.69) is 19.2 Å². The summed E-state index contributed by atoms with van der Waals surface area (Å²) in [6.07, 6.45) is 1.39. The Morgan fingerprint density at radius 1 is 1.13 bits per heavy atom. The number of ether oxygens (including phenoxy) is 1. The van der Waals surface area contributed by atoms with Crippen LogP contribution >= 0.6 is 0 Å². The highest BCUT2D eigenvalue weighted by Crippen LogP contribution is 2.27. The Hall–Kier alpha value is -3.35. The molecule has 7 heteroatoms. The normalized spacial score (nSPS) is 12.4. The van der Waals surface area contributed by atoms with E-state index in [1.165, 1.54) is 18.4 Å². The maximum atomic E-state index is 12.7. The maximum absolute atomic E-state index is 12.7. The summed E-state index contributed by atoms with van der Waals surface area (Å²) in [6, 6.07) is 7.38. The van der Waals surface area contributed by atoms with Gasteiger partial charge in [-0.05, 0) is 54.2 Å². The molecule has 3 aromatic rings. The number of rotatable bonds is 7. The molecule has 0 bridgehead atoms. The van der Waals surface area contributed by atoms with E-state index in [-0.39, 0.29) is 24.2 Å². The van der Waals surface area contributed by atoms with E-state index in [1.54, 1.807) is 19.9 Å². The minimum atomic E-state index is -0.863. The van der Waals surface area contributed by atoms with E-state index in [0.717, 1.165) is 16.5 Å². The van der Waals surface area contributed by atoms with Crippen LogP contribution in [0, 0.1) is 12.8 Å². The SMILES string of the molecule is Cc1cc2oc(=O)cc(COC(=O)[C@@H](NC(=O)c3ccco3)C(C)C)c2cc1C(C)C. The van der Waals surface area contributed by atoms with E-state index in [4.69, 9.17) is 13.6 Å². The predicted octanol–water partition coefficient (Wildman–Crippen LogP) is 4.32. The first-order valence-corrected chi connectivity index (χ1v) is 10.3. The molecule has 1 aromatic carbocycles. The van der Waals surface area contributed by atoms with E-state index in [0.29, 0.717) is 11.1 Å². The third-order valence-corrected chi connectivity index (χ3v) is 5.16. The Bertz CT molecular complexity index is 1140. The quantitative estimate of drug-likeness (QED) is 0.447. The number of carbonyl (C=O) groups is 2. The van der Waals surface area contributed by atoms with Crippen LogP contribution in [-0.2, 0) is 16.1 Å². The fourth-order valence-corrected chi connectivity index (χ4v) is 3.49. The number of carbonyl (C=O) groups excluding carboxylic acids is 2. The topological polar surface area (TPSA) is 98.7 Å². The monoisotopic (exact) mass is 425 g/mol. The number of benzene rings is 1. The summed E-state index contributed by atoms with van der Waals surface area (Å²) in [7, 11) is 0. The standard InChI is InChI=1S/C24H27NO6/c1-13(2)17-11-18-16(10-21(26)31-20(18)9-15(17)5)12-30-24(28)22(14(3)4)25-23(27)19-7-6-8-29-19/h6-11,13-14,22H,12H2,1-5H3,(H,25,27)/t22-/m0/s1. The van der Waals surface area contributed by atoms with Crippen molar-refractivity contribution in [3.63, 3.8) is 0 Å². The Labute approximate surface area is 180 Å². The number of aryl methyl sites for hydroxylation is 1. The molecule has 164 valence electrons. The van der Waals surface area contributed by atoms with Crippen LogP contribution in [0.3, 0.4) is 0 Å². The second kappa shape index (κ2) is 9.20. The van der Waals surface area contributed by atoms with Crippen molar-refractivity contribution in [3.8, 4) is 0 Å². The summed E-state index contributed by atoms with van der Waals surface area (Å²) < 4.78 is 15.9. The minimum absolute atomic E-state index is 0.110. The molecule has 0 saturated heterocycles. The minimum Gasteiger partial charge on any atom is -0.459 e. The van der Waals surface area contributed by atoms with Gasteiger partial charge in [-0.1, -0.05) is 27.7 Å². The maximum Gasteiger partial charge on any atom is 0.336 e. The summed E-state index contributed by atoms with van der Waals surface area (Å²) in [5, 5.41) is 3.37. The third-order valence-electron chi connectivity index (χ3n) is 5.16. The van der Waals surface area contributed by atoms with Crippen molar-refractivity contribution < 1.29 is 23.2 Å². The van der Waals surface area contributed by atoms with Crippen LogP contribution in [0.4, 0.5) is 0 Å². The summed E-state index contributed by atoms with van der Waals surface area (Å²) >= 11 is 0. The Morgan fingerprint density at radius 2 is 1.87 bits per heavy atom. The number of nitrogens with one attached hydrogen (secondary N) is 1. The van der Waals surface area contributed by atoms with Gasteiger partial charge < -0.3 is 18.9 Å². The van der Waals surface area contributed by atoms with E-state index in [1.807, 2.05) is 19.1 Å². The average Bonchev–Trinajstić information content (AvgIpc) is 3.23. The molecule has 1 atom stereocenters. The van der Waals surface area contributed by atoms with Gasteiger partial charge in [0.05, 0.1) is 6.26 Å². The Morgan fingerprint density at radius 3 is 2.48 bits per heavy atom. The molecule has 0 radical (unpaired) electrons. The molecule has 0 fully saturated rings. The molecule has 0 saturated carbocycles. The first kappa shape index (κ1) is 22.3. The van der Waals surface area contributed by atoms with E-state index < -0.39 is 23.5 Å². The third kappa shape index (κ3) is 5.05. The van der Waals surface area contributed by atoms with Crippen LogP contribution in [0.5, 0.6) is 0 Å². The van der Waals surface area contributed by atoms with Gasteiger partial charge in [0.2, 0.25) is 0 Å². The molecule has 2 heterocycles. The lowest BCUT2D eigenvalue weighted by atomic mass is 9.95. The number of esters is 1. The van der Waals surface area contributed by atoms with Gasteiger partial charge >= 0.3 is 11.6 Å². The fourth-order valence-electron chi connectivity index (χ4n) is 3.49. The van der Waals surface area contributed by atoms with Gasteiger partial charge in [-0.25, -0.2) is 9.59 Å². The highest BCUT2D eigenvalue weighted by Gasteiger charge is 2.27. The van der Waals surface area contributed by atoms with Crippen molar-refractivity contribution in [2.75, 3.05) is 0 Å². The van der Waals surface area contributed by atoms with Crippen molar-refractivity contribution in [3.05, 3.63) is 69.5 Å². The van der Waals surface area contributed by atoms with Crippen molar-refractivity contribution in [2.45, 2.75) is 53.2 Å². The first-order valence-electron chi connectivity index (χ1n) is 10.3. The lowest BCUT2D eigenvalue weighted by molar-refractivity contribution is -0.148. The van der Waals surface area contributed by atoms with Crippen LogP contribution in [0.2, 0.25) is 0 Å². The fraction of sp³-hybridized carbons (Fsp3) is 0.375. The lowest BCUT2D eigenvalue weighted by Crippen LogP contribution is -2.45. The van der Waals surface area contributed by atoms with Gasteiger partial charge in [-0.3, -0.25) is 4.79 Å². The van der Waals surface area contributed by atoms with Crippen LogP contribution in [0.25, 0.3) is 11.0 Å². The van der Waals surface area contributed by atoms with Gasteiger partial charge in [-0.15, -0.1) is 0 Å². The molecule has 0 spiro atoms. The van der Waals surface area contributed by atoms with Gasteiger partial charge in [0.15, 0.2) is 5.76 Å². The number of hydrogen-bond donors (Lipinski definition) is 1. The number of fused-ring (bicyclic) bond motifs is 1. The van der Waals surface area contributed by atoms with Gasteiger partial charge in [0.25, 0.3) is 5.91 Å². The number of amides is 1. The Kier molecular flexibility index (Phi) is 6.63. The van der Waals surface area contributed by atoms with Crippen molar-refractivity contribution in [1.82, 2.24) is 5.32 Å². The van der Waals surface area contributed by atoms with Crippen molar-refractivity contribution in [2.24, 2.45) is 5.92 Å². The molecular formula is C24H27NO6. The second-order valence-corrected chi connectivity index (χ2v) is 8.23. The highest BCUT2D eigenvalue weighted by atomic mass is 16.5. The molecular weight excluding hydrogens is 398 g/mol. The molecule has 0 aliphatic carbocycles. The molecule has 0 unspecified atom stereocenters. The zero-order valence-corrected chi connectivity index (χ0v) is 18.4. The first-order chi connectivity index (χ1) is 14.7.